The topological polar surface area (TPSA) is 79.7 Å². The highest BCUT2D eigenvalue weighted by Gasteiger charge is 2.36. The molecule has 0 bridgehead atoms. The van der Waals surface area contributed by atoms with Crippen LogP contribution in [0.5, 0.6) is 5.75 Å². The van der Waals surface area contributed by atoms with E-state index in [4.69, 9.17) is 21.4 Å². The van der Waals surface area contributed by atoms with E-state index in [0.29, 0.717) is 26.2 Å². The van der Waals surface area contributed by atoms with Crippen LogP contribution >= 0.6 is 22.9 Å². The van der Waals surface area contributed by atoms with E-state index < -0.39 is 30.2 Å². The molecule has 1 aliphatic heterocycles. The molecule has 1 unspecified atom stereocenters. The summed E-state index contributed by atoms with van der Waals surface area (Å²) in [5.41, 5.74) is 0.667. The lowest BCUT2D eigenvalue weighted by Gasteiger charge is -2.33. The van der Waals surface area contributed by atoms with Gasteiger partial charge in [0.15, 0.2) is 6.10 Å². The Kier molecular flexibility index (Phi) is 4.45. The molecule has 0 spiro atoms. The minimum Gasteiger partial charge on any atom is -0.481 e. The van der Waals surface area contributed by atoms with E-state index in [2.05, 4.69) is 4.98 Å². The van der Waals surface area contributed by atoms with E-state index in [1.165, 1.54) is 22.3 Å². The van der Waals surface area contributed by atoms with Gasteiger partial charge in [-0.3, -0.25) is 14.5 Å². The van der Waals surface area contributed by atoms with Gasteiger partial charge in [0.05, 0.1) is 23.4 Å². The van der Waals surface area contributed by atoms with Crippen LogP contribution in [0.2, 0.25) is 5.02 Å². The van der Waals surface area contributed by atoms with Gasteiger partial charge in [0.2, 0.25) is 0 Å². The van der Waals surface area contributed by atoms with Crippen LogP contribution in [0.3, 0.4) is 0 Å². The van der Waals surface area contributed by atoms with Crippen molar-refractivity contribution in [2.24, 2.45) is 0 Å². The number of carbonyl (C=O) groups excluding carboxylic acids is 1. The number of hydrogen-bond acceptors (Lipinski definition) is 5. The normalized spacial score (nSPS) is 16.3. The van der Waals surface area contributed by atoms with E-state index in [1.54, 1.807) is 30.3 Å². The van der Waals surface area contributed by atoms with Crippen molar-refractivity contribution >= 4 is 50.7 Å². The number of hydrogen-bond donors (Lipinski definition) is 1. The molecule has 1 amide bonds. The monoisotopic (exact) mass is 406 g/mol. The van der Waals surface area contributed by atoms with E-state index in [-0.39, 0.29) is 12.1 Å². The fourth-order valence-corrected chi connectivity index (χ4v) is 4.05. The number of ether oxygens (including phenoxy) is 1. The van der Waals surface area contributed by atoms with E-state index in [1.807, 2.05) is 0 Å². The lowest BCUT2D eigenvalue weighted by molar-refractivity contribution is -0.142. The summed E-state index contributed by atoms with van der Waals surface area (Å²) in [7, 11) is 0. The molecule has 2 heterocycles. The van der Waals surface area contributed by atoms with Gasteiger partial charge in [-0.25, -0.2) is 9.37 Å². The van der Waals surface area contributed by atoms with Crippen molar-refractivity contribution in [2.45, 2.75) is 19.1 Å². The second-order valence-corrected chi connectivity index (χ2v) is 7.49. The number of benzene rings is 2. The number of carboxylic acid groups (broad SMARTS) is 1. The van der Waals surface area contributed by atoms with Crippen LogP contribution in [-0.4, -0.2) is 28.1 Å². The van der Waals surface area contributed by atoms with Crippen LogP contribution in [0, 0.1) is 5.82 Å². The first kappa shape index (κ1) is 17.7. The molecule has 6 nitrogen and oxygen atoms in total. The maximum absolute atomic E-state index is 13.9. The molecule has 4 rings (SSSR count). The molecule has 0 fully saturated rings. The molecule has 0 aliphatic carbocycles. The fraction of sp³-hybridized carbons (Fsp3) is 0.167. The van der Waals surface area contributed by atoms with Crippen molar-refractivity contribution in [1.82, 2.24) is 4.98 Å². The van der Waals surface area contributed by atoms with Gasteiger partial charge in [-0.15, -0.1) is 11.3 Å². The first-order valence-electron chi connectivity index (χ1n) is 7.95. The Morgan fingerprint density at radius 2 is 2.19 bits per heavy atom. The van der Waals surface area contributed by atoms with Gasteiger partial charge in [-0.2, -0.15) is 0 Å². The van der Waals surface area contributed by atoms with Gasteiger partial charge in [0.25, 0.3) is 5.91 Å². The van der Waals surface area contributed by atoms with Crippen LogP contribution < -0.4 is 9.64 Å². The summed E-state index contributed by atoms with van der Waals surface area (Å²) >= 11 is 7.31. The molecule has 1 aromatic heterocycles. The van der Waals surface area contributed by atoms with Gasteiger partial charge >= 0.3 is 5.97 Å². The lowest BCUT2D eigenvalue weighted by atomic mass is 10.1. The molecule has 1 aliphatic rings. The Morgan fingerprint density at radius 3 is 2.93 bits per heavy atom. The Bertz CT molecular complexity index is 1070. The van der Waals surface area contributed by atoms with Gasteiger partial charge < -0.3 is 9.84 Å². The molecule has 0 saturated carbocycles. The second-order valence-electron chi connectivity index (χ2n) is 5.93. The van der Waals surface area contributed by atoms with Gasteiger partial charge in [0.1, 0.15) is 22.1 Å². The molecule has 27 heavy (non-hydrogen) atoms. The summed E-state index contributed by atoms with van der Waals surface area (Å²) in [5, 5.41) is 9.98. The molecule has 0 saturated heterocycles. The van der Waals surface area contributed by atoms with E-state index in [9.17, 15) is 14.0 Å². The van der Waals surface area contributed by atoms with Crippen LogP contribution in [0.1, 0.15) is 11.4 Å². The summed E-state index contributed by atoms with van der Waals surface area (Å²) in [6.07, 6.45) is -1.62. The van der Waals surface area contributed by atoms with Gasteiger partial charge in [-0.05, 0) is 30.3 Å². The maximum atomic E-state index is 13.9. The average molecular weight is 407 g/mol. The number of aliphatic carboxylic acids is 1. The van der Waals surface area contributed by atoms with Crippen LogP contribution in [-0.2, 0) is 16.1 Å². The summed E-state index contributed by atoms with van der Waals surface area (Å²) in [5.74, 6) is -1.73. The third kappa shape index (κ3) is 3.33. The molecule has 0 radical (unpaired) electrons. The van der Waals surface area contributed by atoms with Crippen LogP contribution in [0.4, 0.5) is 10.1 Å². The number of aromatic nitrogens is 1. The summed E-state index contributed by atoms with van der Waals surface area (Å²) in [6.45, 7) is 0.0600. The minimum atomic E-state index is -1.15. The van der Waals surface area contributed by atoms with Gasteiger partial charge in [-0.1, -0.05) is 17.7 Å². The zero-order valence-corrected chi connectivity index (χ0v) is 15.3. The summed E-state index contributed by atoms with van der Waals surface area (Å²) in [6, 6.07) is 9.42. The number of nitrogens with zero attached hydrogens (tertiary/aromatic N) is 2. The number of para-hydroxylation sites is 1. The highest BCUT2D eigenvalue weighted by molar-refractivity contribution is 7.18. The highest BCUT2D eigenvalue weighted by Crippen LogP contribution is 2.38. The Hall–Kier alpha value is -2.71. The van der Waals surface area contributed by atoms with Crippen LogP contribution in [0.15, 0.2) is 36.4 Å². The predicted molar refractivity (Wildman–Crippen MR) is 98.9 cm³/mol. The molecule has 1 N–H and O–H groups in total. The van der Waals surface area contributed by atoms with Crippen molar-refractivity contribution in [3.8, 4) is 5.75 Å². The number of amides is 1. The molecule has 9 heteroatoms. The standard InChI is InChI=1S/C18H12ClFN2O4S/c19-9-4-5-12-11(6-9)22(18(25)13(26-12)7-16(23)24)8-15-21-17-10(20)2-1-3-14(17)27-15/h1-6,13H,7-8H2,(H,23,24). The van der Waals surface area contributed by atoms with E-state index >= 15 is 0 Å². The number of fused-ring (bicyclic) bond motifs is 2. The Morgan fingerprint density at radius 1 is 1.37 bits per heavy atom. The molecule has 3 aromatic rings. The molecule has 2 aromatic carbocycles. The number of anilines is 1. The number of carboxylic acids is 1. The maximum Gasteiger partial charge on any atom is 0.307 e. The van der Waals surface area contributed by atoms with E-state index in [0.717, 1.165) is 0 Å². The van der Waals surface area contributed by atoms with Crippen molar-refractivity contribution in [3.05, 3.63) is 52.2 Å². The predicted octanol–water partition coefficient (Wildman–Crippen LogP) is 3.86. The highest BCUT2D eigenvalue weighted by atomic mass is 35.5. The molecular formula is C18H12ClFN2O4S. The average Bonchev–Trinajstić information content (AvgIpc) is 3.03. The van der Waals surface area contributed by atoms with Gasteiger partial charge in [0, 0.05) is 5.02 Å². The third-order valence-electron chi connectivity index (χ3n) is 4.09. The number of thiazole rings is 1. The lowest BCUT2D eigenvalue weighted by Crippen LogP contribution is -2.46. The largest absolute Gasteiger partial charge is 0.481 e. The zero-order valence-electron chi connectivity index (χ0n) is 13.7. The van der Waals surface area contributed by atoms with Crippen LogP contribution in [0.25, 0.3) is 10.2 Å². The summed E-state index contributed by atoms with van der Waals surface area (Å²) in [4.78, 5) is 29.6. The Balaban J connectivity index is 1.74. The Labute approximate surface area is 161 Å². The fourth-order valence-electron chi connectivity index (χ4n) is 2.91. The first-order chi connectivity index (χ1) is 12.9. The number of carbonyl (C=O) groups is 2. The SMILES string of the molecule is O=C(O)CC1Oc2ccc(Cl)cc2N(Cc2nc3c(F)cccc3s2)C1=O. The molecular weight excluding hydrogens is 395 g/mol. The minimum absolute atomic E-state index is 0.0600. The zero-order chi connectivity index (χ0) is 19.1. The smallest absolute Gasteiger partial charge is 0.307 e. The van der Waals surface area contributed by atoms with Crippen molar-refractivity contribution in [3.63, 3.8) is 0 Å². The van der Waals surface area contributed by atoms with Crippen molar-refractivity contribution < 1.29 is 23.8 Å². The summed E-state index contributed by atoms with van der Waals surface area (Å²) < 4.78 is 20.1. The third-order valence-corrected chi connectivity index (χ3v) is 5.33. The molecule has 138 valence electrons. The first-order valence-corrected chi connectivity index (χ1v) is 9.15. The molecule has 1 atom stereocenters. The number of rotatable bonds is 4. The van der Waals surface area contributed by atoms with Crippen molar-refractivity contribution in [2.75, 3.05) is 4.90 Å². The second kappa shape index (κ2) is 6.79. The number of halogens is 2. The van der Waals surface area contributed by atoms with Crippen molar-refractivity contribution in [1.29, 1.82) is 0 Å². The quantitative estimate of drug-likeness (QED) is 0.711.